The number of carboxylic acid groups (broad SMARTS) is 1. The highest BCUT2D eigenvalue weighted by atomic mass is 32.2. The van der Waals surface area contributed by atoms with Crippen molar-refractivity contribution in [1.82, 2.24) is 0 Å². The van der Waals surface area contributed by atoms with Gasteiger partial charge in [0.05, 0.1) is 13.7 Å². The van der Waals surface area contributed by atoms with E-state index < -0.39 is 25.8 Å². The van der Waals surface area contributed by atoms with Gasteiger partial charge in [-0.15, -0.1) is 0 Å². The van der Waals surface area contributed by atoms with E-state index in [0.717, 1.165) is 12.8 Å². The Morgan fingerprint density at radius 3 is 1.98 bits per heavy atom. The van der Waals surface area contributed by atoms with Crippen molar-refractivity contribution in [3.8, 4) is 23.0 Å². The number of rotatable bonds is 24. The molecule has 4 N–H and O–H groups in total. The molecule has 2 rings (SSSR count). The van der Waals surface area contributed by atoms with Crippen molar-refractivity contribution < 1.29 is 37.9 Å². The monoisotopic (exact) mass is 639 g/mol. The Balaban J connectivity index is 1.91. The van der Waals surface area contributed by atoms with Gasteiger partial charge in [0.1, 0.15) is 11.8 Å². The number of aliphatic carboxylic acids is 1. The normalized spacial score (nSPS) is 14.0. The number of para-hydroxylation sites is 2. The summed E-state index contributed by atoms with van der Waals surface area (Å²) in [6, 6.07) is 10.0. The molecule has 0 saturated carbocycles. The van der Waals surface area contributed by atoms with Gasteiger partial charge in [0.2, 0.25) is 5.75 Å². The van der Waals surface area contributed by atoms with Crippen LogP contribution in [0.2, 0.25) is 0 Å². The second-order valence-electron chi connectivity index (χ2n) is 10.6. The summed E-state index contributed by atoms with van der Waals surface area (Å²) in [5.74, 6) is -0.880. The number of methoxy groups -OCH3 is 1. The molecule has 0 amide bonds. The van der Waals surface area contributed by atoms with Gasteiger partial charge in [-0.25, -0.2) is 4.57 Å². The van der Waals surface area contributed by atoms with E-state index >= 15 is 0 Å². The number of thioether (sulfide) groups is 1. The van der Waals surface area contributed by atoms with Gasteiger partial charge in [-0.05, 0) is 30.9 Å². The number of ether oxygens (including phenoxy) is 2. The fraction of sp³-hybridized carbons (Fsp3) is 0.594. The molecule has 3 atom stereocenters. The topological polar surface area (TPSA) is 138 Å². The highest BCUT2D eigenvalue weighted by Gasteiger charge is 2.33. The molecule has 0 radical (unpaired) electrons. The Morgan fingerprint density at radius 2 is 1.40 bits per heavy atom. The summed E-state index contributed by atoms with van der Waals surface area (Å²) in [6.07, 6.45) is 16.8. The average molecular weight is 640 g/mol. The summed E-state index contributed by atoms with van der Waals surface area (Å²) in [5.41, 5.74) is 6.34. The number of carboxylic acids is 1. The summed E-state index contributed by atoms with van der Waals surface area (Å²) in [4.78, 5) is 22.3. The van der Waals surface area contributed by atoms with Crippen LogP contribution in [0.3, 0.4) is 0 Å². The second kappa shape index (κ2) is 20.5. The number of benzene rings is 2. The molecule has 0 aromatic heterocycles. The molecule has 0 spiro atoms. The van der Waals surface area contributed by atoms with E-state index in [4.69, 9.17) is 24.3 Å². The van der Waals surface area contributed by atoms with Crippen LogP contribution in [0.25, 0.3) is 0 Å². The number of hydrogen-bond acceptors (Lipinski definition) is 8. The molecule has 2 aromatic carbocycles. The van der Waals surface area contributed by atoms with Crippen LogP contribution in [0, 0.1) is 0 Å². The van der Waals surface area contributed by atoms with Gasteiger partial charge in [0.15, 0.2) is 11.5 Å². The Kier molecular flexibility index (Phi) is 17.6. The summed E-state index contributed by atoms with van der Waals surface area (Å²) in [5, 5.41) is 9.48. The molecule has 9 nitrogen and oxygen atoms in total. The van der Waals surface area contributed by atoms with Gasteiger partial charge in [-0.2, -0.15) is 11.8 Å². The van der Waals surface area contributed by atoms with Gasteiger partial charge >= 0.3 is 13.8 Å². The first kappa shape index (κ1) is 36.8. The standard InChI is InChI=1S/C32H50NO8PS/c1-4-5-6-7-8-9-10-11-12-13-14-17-23-39-28-21-18-22-29(31(28)38-2)41-42(36,37)40-27-20-16-15-19-25(27)26(24-43-3)30(33)32(34)35/h15-16,18-22,26,30H,4-14,17,23-24,33H2,1-3H3,(H,34,35)(H,36,37). The maximum absolute atomic E-state index is 13.1. The van der Waals surface area contributed by atoms with Crippen LogP contribution in [0.4, 0.5) is 0 Å². The minimum absolute atomic E-state index is 0.0130. The third-order valence-electron chi connectivity index (χ3n) is 7.21. The van der Waals surface area contributed by atoms with Crippen LogP contribution >= 0.6 is 19.6 Å². The molecular weight excluding hydrogens is 589 g/mol. The Hall–Kier alpha value is -2.39. The molecule has 0 bridgehead atoms. The number of phosphoric acid groups is 1. The smallest absolute Gasteiger partial charge is 0.490 e. The largest absolute Gasteiger partial charge is 0.585 e. The van der Waals surface area contributed by atoms with Gasteiger partial charge in [0, 0.05) is 17.2 Å². The number of unbranched alkanes of at least 4 members (excludes halogenated alkanes) is 11. The fourth-order valence-electron chi connectivity index (χ4n) is 4.88. The van der Waals surface area contributed by atoms with Crippen molar-refractivity contribution in [3.63, 3.8) is 0 Å². The predicted molar refractivity (Wildman–Crippen MR) is 174 cm³/mol. The minimum atomic E-state index is -4.73. The highest BCUT2D eigenvalue weighted by Crippen LogP contribution is 2.50. The Labute approximate surface area is 261 Å². The molecular formula is C32H50NO8PS. The quantitative estimate of drug-likeness (QED) is 0.0761. The lowest BCUT2D eigenvalue weighted by Crippen LogP contribution is -2.37. The molecule has 0 aliphatic rings. The number of carbonyl (C=O) groups is 1. The number of phosphoric ester groups is 1. The molecule has 43 heavy (non-hydrogen) atoms. The maximum Gasteiger partial charge on any atom is 0.585 e. The van der Waals surface area contributed by atoms with Gasteiger partial charge in [-0.1, -0.05) is 102 Å². The van der Waals surface area contributed by atoms with E-state index in [0.29, 0.717) is 23.7 Å². The van der Waals surface area contributed by atoms with E-state index in [1.165, 1.54) is 95.2 Å². The zero-order valence-electron chi connectivity index (χ0n) is 25.9. The Bertz CT molecular complexity index is 1130. The van der Waals surface area contributed by atoms with E-state index in [9.17, 15) is 19.4 Å². The highest BCUT2D eigenvalue weighted by molar-refractivity contribution is 7.98. The van der Waals surface area contributed by atoms with Crippen molar-refractivity contribution >= 4 is 25.6 Å². The summed E-state index contributed by atoms with van der Waals surface area (Å²) >= 11 is 1.41. The lowest BCUT2D eigenvalue weighted by molar-refractivity contribution is -0.138. The van der Waals surface area contributed by atoms with Crippen molar-refractivity contribution in [2.45, 2.75) is 95.9 Å². The van der Waals surface area contributed by atoms with E-state index in [1.54, 1.807) is 30.3 Å². The van der Waals surface area contributed by atoms with E-state index in [1.807, 2.05) is 6.26 Å². The van der Waals surface area contributed by atoms with E-state index in [-0.39, 0.29) is 17.2 Å². The predicted octanol–water partition coefficient (Wildman–Crippen LogP) is 8.19. The van der Waals surface area contributed by atoms with E-state index in [2.05, 4.69) is 6.92 Å². The zero-order chi connectivity index (χ0) is 31.5. The van der Waals surface area contributed by atoms with Crippen LogP contribution < -0.4 is 24.3 Å². The molecule has 0 saturated heterocycles. The zero-order valence-corrected chi connectivity index (χ0v) is 27.6. The molecule has 2 aromatic rings. The molecule has 0 aliphatic heterocycles. The number of nitrogens with two attached hydrogens (primary N) is 1. The molecule has 242 valence electrons. The molecule has 0 fully saturated rings. The van der Waals surface area contributed by atoms with Gasteiger partial charge in [-0.3, -0.25) is 9.69 Å². The number of hydrogen-bond donors (Lipinski definition) is 3. The first-order valence-electron chi connectivity index (χ1n) is 15.3. The molecule has 3 unspecified atom stereocenters. The third kappa shape index (κ3) is 13.4. The minimum Gasteiger partial charge on any atom is -0.490 e. The summed E-state index contributed by atoms with van der Waals surface area (Å²) < 4.78 is 35.4. The van der Waals surface area contributed by atoms with Crippen LogP contribution in [0.15, 0.2) is 42.5 Å². The molecule has 0 heterocycles. The summed E-state index contributed by atoms with van der Waals surface area (Å²) in [6.45, 7) is 2.73. The Morgan fingerprint density at radius 1 is 0.860 bits per heavy atom. The molecule has 11 heteroatoms. The fourth-order valence-corrected chi connectivity index (χ4v) is 6.47. The lowest BCUT2D eigenvalue weighted by atomic mass is 9.93. The SMILES string of the molecule is CCCCCCCCCCCCCCOc1cccc(OP(=O)(O)Oc2ccccc2C(CSC)C(N)C(=O)O)c1OC. The first-order valence-corrected chi connectivity index (χ1v) is 18.2. The van der Waals surface area contributed by atoms with Crippen LogP contribution in [0.1, 0.15) is 95.5 Å². The van der Waals surface area contributed by atoms with Crippen LogP contribution in [0.5, 0.6) is 23.0 Å². The first-order chi connectivity index (χ1) is 20.7. The van der Waals surface area contributed by atoms with Crippen molar-refractivity contribution in [2.75, 3.05) is 25.7 Å². The van der Waals surface area contributed by atoms with Gasteiger partial charge < -0.3 is 29.4 Å². The lowest BCUT2D eigenvalue weighted by Gasteiger charge is -2.24. The molecule has 0 aliphatic carbocycles. The van der Waals surface area contributed by atoms with Gasteiger partial charge in [0.25, 0.3) is 0 Å². The third-order valence-corrected chi connectivity index (χ3v) is 8.76. The van der Waals surface area contributed by atoms with Crippen LogP contribution in [-0.2, 0) is 9.36 Å². The van der Waals surface area contributed by atoms with Crippen molar-refractivity contribution in [2.24, 2.45) is 5.73 Å². The average Bonchev–Trinajstić information content (AvgIpc) is 2.98. The van der Waals surface area contributed by atoms with Crippen LogP contribution in [-0.4, -0.2) is 47.7 Å². The summed E-state index contributed by atoms with van der Waals surface area (Å²) in [7, 11) is -3.30. The second-order valence-corrected chi connectivity index (χ2v) is 12.9. The van der Waals surface area contributed by atoms with Crippen molar-refractivity contribution in [3.05, 3.63) is 48.0 Å². The maximum atomic E-state index is 13.1. The van der Waals surface area contributed by atoms with Crippen molar-refractivity contribution in [1.29, 1.82) is 0 Å².